The van der Waals surface area contributed by atoms with Gasteiger partial charge in [-0.1, -0.05) is 66.7 Å². The van der Waals surface area contributed by atoms with Gasteiger partial charge in [0.2, 0.25) is 5.69 Å². The van der Waals surface area contributed by atoms with Gasteiger partial charge in [-0.3, -0.25) is 0 Å². The van der Waals surface area contributed by atoms with Crippen molar-refractivity contribution in [2.75, 3.05) is 0 Å². The second kappa shape index (κ2) is 10.4. The number of nitrogens with zero attached hydrogens (tertiary/aromatic N) is 2. The zero-order chi connectivity index (χ0) is 27.9. The summed E-state index contributed by atoms with van der Waals surface area (Å²) in [6, 6.07) is 36.8. The van der Waals surface area contributed by atoms with E-state index in [0.29, 0.717) is 17.4 Å². The normalized spacial score (nSPS) is 17.1. The van der Waals surface area contributed by atoms with Crippen molar-refractivity contribution in [1.29, 1.82) is 5.26 Å². The van der Waals surface area contributed by atoms with E-state index in [-0.39, 0.29) is 0 Å². The van der Waals surface area contributed by atoms with Crippen molar-refractivity contribution in [1.82, 2.24) is 0 Å². The lowest BCUT2D eigenvalue weighted by atomic mass is 9.76. The highest BCUT2D eigenvalue weighted by atomic mass is 16.3. The van der Waals surface area contributed by atoms with Crippen molar-refractivity contribution in [3.63, 3.8) is 0 Å². The maximum absolute atomic E-state index is 9.93. The van der Waals surface area contributed by atoms with Crippen LogP contribution in [-0.2, 0) is 7.05 Å². The van der Waals surface area contributed by atoms with Gasteiger partial charge in [-0.05, 0) is 84.9 Å². The molecule has 0 radical (unpaired) electrons. The Labute approximate surface area is 241 Å². The van der Waals surface area contributed by atoms with Crippen LogP contribution < -0.4 is 4.57 Å². The average molecular weight is 534 g/mol. The zero-order valence-corrected chi connectivity index (χ0v) is 23.6. The Hall–Kier alpha value is -4.68. The largest absolute Gasteiger partial charge is 0.454 e. The van der Waals surface area contributed by atoms with Crippen LogP contribution in [0, 0.1) is 18.3 Å². The van der Waals surface area contributed by atoms with E-state index in [0.717, 1.165) is 49.9 Å². The Morgan fingerprint density at radius 3 is 2.10 bits per heavy atom. The van der Waals surface area contributed by atoms with E-state index in [9.17, 15) is 5.26 Å². The summed E-state index contributed by atoms with van der Waals surface area (Å²) in [5.41, 5.74) is 10.6. The monoisotopic (exact) mass is 533 g/mol. The number of aryl methyl sites for hydroxylation is 2. The molecule has 0 bridgehead atoms. The molecule has 7 rings (SSSR count). The molecule has 1 aliphatic rings. The maximum atomic E-state index is 9.93. The van der Waals surface area contributed by atoms with Crippen LogP contribution in [0.25, 0.3) is 44.3 Å². The summed E-state index contributed by atoms with van der Waals surface area (Å²) in [7, 11) is 2.06. The third-order valence-corrected chi connectivity index (χ3v) is 9.08. The fraction of sp³-hybridized carbons (Fsp3) is 0.211. The molecule has 0 spiro atoms. The number of rotatable bonds is 4. The molecule has 1 fully saturated rings. The van der Waals surface area contributed by atoms with Crippen molar-refractivity contribution in [3.8, 4) is 28.5 Å². The predicted octanol–water partition coefficient (Wildman–Crippen LogP) is 9.37. The molecule has 0 N–H and O–H groups in total. The van der Waals surface area contributed by atoms with Crippen molar-refractivity contribution in [2.24, 2.45) is 7.05 Å². The van der Waals surface area contributed by atoms with Crippen LogP contribution in [0.15, 0.2) is 108 Å². The first-order valence-corrected chi connectivity index (χ1v) is 14.6. The van der Waals surface area contributed by atoms with Crippen molar-refractivity contribution in [2.45, 2.75) is 44.4 Å². The Morgan fingerprint density at radius 2 is 1.41 bits per heavy atom. The highest BCUT2D eigenvalue weighted by Gasteiger charge is 2.25. The van der Waals surface area contributed by atoms with Gasteiger partial charge in [-0.15, -0.1) is 0 Å². The SMILES string of the molecule is Cc1ccc2c(oc3c(-c4ccc(C5CCC(c6ccccc6)CC5)cc4)cc(C#N)cc32)c1-c1cccc[n+]1C. The number of furan rings is 1. The molecule has 3 heteroatoms. The van der Waals surface area contributed by atoms with Crippen LogP contribution in [0.1, 0.15) is 59.8 Å². The van der Waals surface area contributed by atoms with Crippen LogP contribution >= 0.6 is 0 Å². The Morgan fingerprint density at radius 1 is 0.732 bits per heavy atom. The van der Waals surface area contributed by atoms with Gasteiger partial charge < -0.3 is 4.42 Å². The summed E-state index contributed by atoms with van der Waals surface area (Å²) in [5, 5.41) is 11.9. The third-order valence-electron chi connectivity index (χ3n) is 9.08. The summed E-state index contributed by atoms with van der Waals surface area (Å²) < 4.78 is 8.86. The first-order chi connectivity index (χ1) is 20.1. The first kappa shape index (κ1) is 25.3. The van der Waals surface area contributed by atoms with Crippen LogP contribution in [0.5, 0.6) is 0 Å². The molecule has 0 aliphatic heterocycles. The van der Waals surface area contributed by atoms with Gasteiger partial charge in [-0.25, -0.2) is 4.57 Å². The number of benzene rings is 4. The number of hydrogen-bond acceptors (Lipinski definition) is 2. The molecular formula is C38H33N2O+. The molecule has 0 saturated heterocycles. The van der Waals surface area contributed by atoms with E-state index in [1.807, 2.05) is 18.2 Å². The minimum Gasteiger partial charge on any atom is -0.454 e. The number of pyridine rings is 1. The number of fused-ring (bicyclic) bond motifs is 3. The lowest BCUT2D eigenvalue weighted by molar-refractivity contribution is -0.660. The quantitative estimate of drug-likeness (QED) is 0.212. The van der Waals surface area contributed by atoms with Crippen LogP contribution in [-0.4, -0.2) is 0 Å². The molecule has 2 aromatic heterocycles. The molecule has 1 saturated carbocycles. The molecule has 6 aromatic rings. The molecule has 4 aromatic carbocycles. The van der Waals surface area contributed by atoms with E-state index in [1.165, 1.54) is 36.8 Å². The zero-order valence-electron chi connectivity index (χ0n) is 23.6. The van der Waals surface area contributed by atoms with Crippen molar-refractivity contribution >= 4 is 21.9 Å². The molecule has 2 heterocycles. The van der Waals surface area contributed by atoms with Crippen LogP contribution in [0.3, 0.4) is 0 Å². The smallest absolute Gasteiger partial charge is 0.216 e. The molecule has 41 heavy (non-hydrogen) atoms. The highest BCUT2D eigenvalue weighted by molar-refractivity contribution is 6.13. The van der Waals surface area contributed by atoms with E-state index in [2.05, 4.69) is 110 Å². The number of nitriles is 1. The van der Waals surface area contributed by atoms with E-state index < -0.39 is 0 Å². The molecule has 0 unspecified atom stereocenters. The van der Waals surface area contributed by atoms with Gasteiger partial charge in [0.15, 0.2) is 6.20 Å². The topological polar surface area (TPSA) is 40.8 Å². The lowest BCUT2D eigenvalue weighted by Crippen LogP contribution is -2.30. The standard InChI is InChI=1S/C38H33N2O/c1-25-11-20-32-34-23-26(24-39)22-33(37(34)41-38(32)36(25)35-10-6-7-21-40(35)2)31-18-16-30(17-19-31)29-14-12-28(13-15-29)27-8-4-3-5-9-27/h3-11,16-23,28-29H,12-15H2,1-2H3/q+1. The number of aromatic nitrogens is 1. The van der Waals surface area contributed by atoms with Crippen molar-refractivity contribution < 1.29 is 8.98 Å². The third kappa shape index (κ3) is 4.50. The summed E-state index contributed by atoms with van der Waals surface area (Å²) in [5.74, 6) is 1.27. The van der Waals surface area contributed by atoms with Gasteiger partial charge in [0.05, 0.1) is 17.2 Å². The first-order valence-electron chi connectivity index (χ1n) is 14.6. The van der Waals surface area contributed by atoms with E-state index in [4.69, 9.17) is 4.42 Å². The summed E-state index contributed by atoms with van der Waals surface area (Å²) in [6.07, 6.45) is 6.97. The lowest BCUT2D eigenvalue weighted by Gasteiger charge is -2.29. The second-order valence-electron chi connectivity index (χ2n) is 11.5. The highest BCUT2D eigenvalue weighted by Crippen LogP contribution is 2.43. The van der Waals surface area contributed by atoms with E-state index in [1.54, 1.807) is 0 Å². The second-order valence-corrected chi connectivity index (χ2v) is 11.5. The molecule has 0 atom stereocenters. The summed E-state index contributed by atoms with van der Waals surface area (Å²) >= 11 is 0. The van der Waals surface area contributed by atoms with Crippen LogP contribution in [0.2, 0.25) is 0 Å². The van der Waals surface area contributed by atoms with Crippen LogP contribution in [0.4, 0.5) is 0 Å². The molecule has 3 nitrogen and oxygen atoms in total. The van der Waals surface area contributed by atoms with Gasteiger partial charge in [0, 0.05) is 28.5 Å². The van der Waals surface area contributed by atoms with Gasteiger partial charge >= 0.3 is 0 Å². The molecule has 200 valence electrons. The fourth-order valence-electron chi connectivity index (χ4n) is 6.84. The Kier molecular flexibility index (Phi) is 6.40. The van der Waals surface area contributed by atoms with E-state index >= 15 is 0 Å². The molecular weight excluding hydrogens is 500 g/mol. The number of hydrogen-bond donors (Lipinski definition) is 0. The minimum absolute atomic E-state index is 0.595. The minimum atomic E-state index is 0.595. The Bertz CT molecular complexity index is 1920. The molecule has 1 aliphatic carbocycles. The van der Waals surface area contributed by atoms with Gasteiger partial charge in [0.25, 0.3) is 0 Å². The summed E-state index contributed by atoms with van der Waals surface area (Å²) in [4.78, 5) is 0. The van der Waals surface area contributed by atoms with Gasteiger partial charge in [0.1, 0.15) is 18.2 Å². The predicted molar refractivity (Wildman–Crippen MR) is 166 cm³/mol. The van der Waals surface area contributed by atoms with Gasteiger partial charge in [-0.2, -0.15) is 5.26 Å². The van der Waals surface area contributed by atoms with Crippen molar-refractivity contribution in [3.05, 3.63) is 126 Å². The summed E-state index contributed by atoms with van der Waals surface area (Å²) in [6.45, 7) is 2.13. The average Bonchev–Trinajstić information content (AvgIpc) is 3.40. The fourth-order valence-corrected chi connectivity index (χ4v) is 6.84. The maximum Gasteiger partial charge on any atom is 0.216 e. The molecule has 0 amide bonds. The Balaban J connectivity index is 1.26.